The summed E-state index contributed by atoms with van der Waals surface area (Å²) in [6.07, 6.45) is 1.56. The Morgan fingerprint density at radius 2 is 2.06 bits per heavy atom. The fourth-order valence-electron chi connectivity index (χ4n) is 1.48. The van der Waals surface area contributed by atoms with Crippen LogP contribution in [0, 0.1) is 0 Å². The molecule has 0 bridgehead atoms. The third kappa shape index (κ3) is 2.06. The molecule has 0 aliphatic carbocycles. The average molecular weight is 230 g/mol. The minimum Gasteiger partial charge on any atom is -0.507 e. The first-order valence-electron chi connectivity index (χ1n) is 4.91. The summed E-state index contributed by atoms with van der Waals surface area (Å²) in [7, 11) is 0. The number of carboxylic acids is 1. The van der Waals surface area contributed by atoms with E-state index in [1.807, 2.05) is 0 Å². The van der Waals surface area contributed by atoms with Gasteiger partial charge in [-0.15, -0.1) is 0 Å². The van der Waals surface area contributed by atoms with Crippen LogP contribution in [0.4, 0.5) is 0 Å². The van der Waals surface area contributed by atoms with E-state index in [9.17, 15) is 9.90 Å². The molecule has 0 saturated heterocycles. The maximum atomic E-state index is 10.7. The number of rotatable bonds is 3. The molecule has 0 aliphatic rings. The summed E-state index contributed by atoms with van der Waals surface area (Å²) < 4.78 is 5.40. The smallest absolute Gasteiger partial charge is 0.339 e. The molecule has 0 radical (unpaired) electrons. The number of aromatic hydroxyl groups is 1. The average Bonchev–Trinajstić information content (AvgIpc) is 2.76. The molecule has 0 saturated carbocycles. The van der Waals surface area contributed by atoms with E-state index in [0.717, 1.165) is 0 Å². The monoisotopic (exact) mass is 230 g/mol. The van der Waals surface area contributed by atoms with Gasteiger partial charge in [-0.3, -0.25) is 0 Å². The van der Waals surface area contributed by atoms with Crippen LogP contribution in [0.2, 0.25) is 0 Å². The molecule has 2 aromatic rings. The fraction of sp³-hybridized carbons (Fsp3) is 0. The predicted octanol–water partition coefficient (Wildman–Crippen LogP) is 2.99. The number of phenols is 1. The highest BCUT2D eigenvalue weighted by Gasteiger charge is 2.11. The fourth-order valence-corrected chi connectivity index (χ4v) is 1.48. The number of hydrogen-bond donors (Lipinski definition) is 2. The molecule has 0 spiro atoms. The highest BCUT2D eigenvalue weighted by Crippen LogP contribution is 2.28. The highest BCUT2D eigenvalue weighted by molar-refractivity contribution is 5.91. The third-order valence-corrected chi connectivity index (χ3v) is 2.34. The second-order valence-corrected chi connectivity index (χ2v) is 3.44. The Hall–Kier alpha value is -2.49. The first kappa shape index (κ1) is 11.0. The van der Waals surface area contributed by atoms with Gasteiger partial charge in [0, 0.05) is 5.56 Å². The Morgan fingerprint density at radius 1 is 1.29 bits per heavy atom. The van der Waals surface area contributed by atoms with Crippen molar-refractivity contribution in [3.05, 3.63) is 48.2 Å². The maximum Gasteiger partial charge on any atom is 0.339 e. The van der Waals surface area contributed by atoms with Gasteiger partial charge in [-0.1, -0.05) is 12.6 Å². The molecule has 0 amide bonds. The zero-order chi connectivity index (χ0) is 12.4. The molecule has 0 unspecified atom stereocenters. The molecule has 2 rings (SSSR count). The van der Waals surface area contributed by atoms with E-state index < -0.39 is 5.97 Å². The molecule has 0 fully saturated rings. The van der Waals surface area contributed by atoms with Crippen LogP contribution < -0.4 is 0 Å². The van der Waals surface area contributed by atoms with Crippen molar-refractivity contribution in [1.29, 1.82) is 0 Å². The van der Waals surface area contributed by atoms with Crippen LogP contribution in [-0.4, -0.2) is 16.2 Å². The van der Waals surface area contributed by atoms with Gasteiger partial charge in [-0.2, -0.15) is 0 Å². The van der Waals surface area contributed by atoms with Crippen LogP contribution >= 0.6 is 0 Å². The molecular formula is C13H10O4. The van der Waals surface area contributed by atoms with Crippen molar-refractivity contribution >= 4 is 12.0 Å². The molecule has 1 aromatic heterocycles. The Bertz CT molecular complexity index is 581. The summed E-state index contributed by atoms with van der Waals surface area (Å²) in [6, 6.07) is 7.74. The molecule has 1 aromatic carbocycles. The second-order valence-electron chi connectivity index (χ2n) is 3.44. The minimum atomic E-state index is -1.17. The quantitative estimate of drug-likeness (QED) is 0.850. The number of carbonyl (C=O) groups is 1. The van der Waals surface area contributed by atoms with Gasteiger partial charge in [0.05, 0.1) is 0 Å². The second kappa shape index (κ2) is 4.17. The summed E-state index contributed by atoms with van der Waals surface area (Å²) >= 11 is 0. The van der Waals surface area contributed by atoms with Crippen molar-refractivity contribution in [3.63, 3.8) is 0 Å². The van der Waals surface area contributed by atoms with Gasteiger partial charge in [0.1, 0.15) is 22.8 Å². The van der Waals surface area contributed by atoms with E-state index >= 15 is 0 Å². The summed E-state index contributed by atoms with van der Waals surface area (Å²) in [6.45, 7) is 3.57. The van der Waals surface area contributed by atoms with Crippen molar-refractivity contribution in [1.82, 2.24) is 0 Å². The number of aromatic carboxylic acids is 1. The van der Waals surface area contributed by atoms with Crippen molar-refractivity contribution in [2.45, 2.75) is 0 Å². The van der Waals surface area contributed by atoms with Crippen molar-refractivity contribution in [2.24, 2.45) is 0 Å². The molecule has 0 atom stereocenters. The van der Waals surface area contributed by atoms with Gasteiger partial charge < -0.3 is 14.6 Å². The SMILES string of the molecule is C=Cc1ccc(-c2ccc(C(=O)O)c(O)c2)o1. The van der Waals surface area contributed by atoms with Gasteiger partial charge in [-0.05, 0) is 30.3 Å². The molecule has 4 nitrogen and oxygen atoms in total. The van der Waals surface area contributed by atoms with E-state index in [0.29, 0.717) is 17.1 Å². The minimum absolute atomic E-state index is 0.135. The zero-order valence-corrected chi connectivity index (χ0v) is 8.88. The third-order valence-electron chi connectivity index (χ3n) is 2.34. The lowest BCUT2D eigenvalue weighted by molar-refractivity contribution is 0.0694. The van der Waals surface area contributed by atoms with E-state index in [2.05, 4.69) is 6.58 Å². The summed E-state index contributed by atoms with van der Waals surface area (Å²) in [5, 5.41) is 18.3. The molecule has 2 N–H and O–H groups in total. The van der Waals surface area contributed by atoms with Gasteiger partial charge in [0.25, 0.3) is 0 Å². The largest absolute Gasteiger partial charge is 0.507 e. The molecule has 0 aliphatic heterocycles. The van der Waals surface area contributed by atoms with E-state index in [-0.39, 0.29) is 11.3 Å². The van der Waals surface area contributed by atoms with Gasteiger partial charge in [0.15, 0.2) is 0 Å². The highest BCUT2D eigenvalue weighted by atomic mass is 16.4. The van der Waals surface area contributed by atoms with Crippen molar-refractivity contribution in [3.8, 4) is 17.1 Å². The van der Waals surface area contributed by atoms with Crippen LogP contribution in [0.15, 0.2) is 41.3 Å². The summed E-state index contributed by atoms with van der Waals surface area (Å²) in [5.41, 5.74) is 0.477. The number of hydrogen-bond acceptors (Lipinski definition) is 3. The van der Waals surface area contributed by atoms with E-state index in [4.69, 9.17) is 9.52 Å². The molecule has 4 heteroatoms. The van der Waals surface area contributed by atoms with Gasteiger partial charge >= 0.3 is 5.97 Å². The number of carboxylic acid groups (broad SMARTS) is 1. The van der Waals surface area contributed by atoms with Crippen LogP contribution in [0.25, 0.3) is 17.4 Å². The zero-order valence-electron chi connectivity index (χ0n) is 8.88. The van der Waals surface area contributed by atoms with Crippen LogP contribution in [0.3, 0.4) is 0 Å². The number of furan rings is 1. The Balaban J connectivity index is 2.43. The molecule has 1 heterocycles. The molecule has 86 valence electrons. The molecule has 17 heavy (non-hydrogen) atoms. The van der Waals surface area contributed by atoms with Crippen molar-refractivity contribution in [2.75, 3.05) is 0 Å². The summed E-state index contributed by atoms with van der Waals surface area (Å²) in [4.78, 5) is 10.7. The van der Waals surface area contributed by atoms with E-state index in [1.54, 1.807) is 24.3 Å². The normalized spacial score (nSPS) is 10.1. The first-order valence-corrected chi connectivity index (χ1v) is 4.91. The lowest BCUT2D eigenvalue weighted by Gasteiger charge is -2.01. The molecular weight excluding hydrogens is 220 g/mol. The van der Waals surface area contributed by atoms with Crippen LogP contribution in [0.1, 0.15) is 16.1 Å². The predicted molar refractivity (Wildman–Crippen MR) is 62.9 cm³/mol. The van der Waals surface area contributed by atoms with Crippen molar-refractivity contribution < 1.29 is 19.4 Å². The Morgan fingerprint density at radius 3 is 2.59 bits per heavy atom. The summed E-state index contributed by atoms with van der Waals surface area (Å²) in [5.74, 6) is -0.291. The Labute approximate surface area is 97.4 Å². The lowest BCUT2D eigenvalue weighted by atomic mass is 10.1. The van der Waals surface area contributed by atoms with Gasteiger partial charge in [0.2, 0.25) is 0 Å². The van der Waals surface area contributed by atoms with Crippen LogP contribution in [-0.2, 0) is 0 Å². The van der Waals surface area contributed by atoms with E-state index in [1.165, 1.54) is 12.1 Å². The standard InChI is InChI=1S/C13H10O4/c1-2-9-4-6-12(17-9)8-3-5-10(13(15)16)11(14)7-8/h2-7,14H,1H2,(H,15,16). The number of benzene rings is 1. The Kier molecular flexibility index (Phi) is 2.70. The van der Waals surface area contributed by atoms with Crippen LogP contribution in [0.5, 0.6) is 5.75 Å². The lowest BCUT2D eigenvalue weighted by Crippen LogP contribution is -1.96. The van der Waals surface area contributed by atoms with Gasteiger partial charge in [-0.25, -0.2) is 4.79 Å². The first-order chi connectivity index (χ1) is 8.11. The maximum absolute atomic E-state index is 10.7. The topological polar surface area (TPSA) is 70.7 Å².